The van der Waals surface area contributed by atoms with E-state index in [-0.39, 0.29) is 12.1 Å². The van der Waals surface area contributed by atoms with E-state index in [1.807, 2.05) is 0 Å². The van der Waals surface area contributed by atoms with E-state index in [0.29, 0.717) is 23.4 Å². The Morgan fingerprint density at radius 1 is 1.16 bits per heavy atom. The zero-order valence-corrected chi connectivity index (χ0v) is 10.9. The van der Waals surface area contributed by atoms with Crippen LogP contribution in [-0.2, 0) is 6.54 Å². The van der Waals surface area contributed by atoms with E-state index in [4.69, 9.17) is 17.3 Å². The van der Waals surface area contributed by atoms with Gasteiger partial charge in [-0.2, -0.15) is 13.2 Å². The number of nitrogens with two attached hydrogens (primary N) is 1. The molecule has 2 rings (SSSR count). The molecule has 2 N–H and O–H groups in total. The van der Waals surface area contributed by atoms with Gasteiger partial charge in [-0.3, -0.25) is 0 Å². The van der Waals surface area contributed by atoms with Gasteiger partial charge >= 0.3 is 6.18 Å². The number of alkyl halides is 3. The third-order valence-corrected chi connectivity index (χ3v) is 3.35. The van der Waals surface area contributed by atoms with Crippen molar-refractivity contribution in [2.75, 3.05) is 0 Å². The highest BCUT2D eigenvalue weighted by molar-refractivity contribution is 6.32. The van der Waals surface area contributed by atoms with Crippen LogP contribution in [0.1, 0.15) is 24.0 Å². The quantitative estimate of drug-likeness (QED) is 0.853. The van der Waals surface area contributed by atoms with E-state index in [9.17, 15) is 13.2 Å². The first-order valence-electron chi connectivity index (χ1n) is 5.90. The maximum atomic E-state index is 13.0. The van der Waals surface area contributed by atoms with E-state index < -0.39 is 11.7 Å². The molecule has 0 radical (unpaired) electrons. The fraction of sp³-hybridized carbons (Fsp3) is 0.286. The molecule has 5 heteroatoms. The van der Waals surface area contributed by atoms with Gasteiger partial charge in [-0.1, -0.05) is 29.8 Å². The van der Waals surface area contributed by atoms with Gasteiger partial charge < -0.3 is 5.73 Å². The molecule has 0 fully saturated rings. The molecule has 1 aromatic carbocycles. The van der Waals surface area contributed by atoms with Crippen LogP contribution in [0.3, 0.4) is 0 Å². The van der Waals surface area contributed by atoms with Gasteiger partial charge in [-0.15, -0.1) is 0 Å². The fourth-order valence-corrected chi connectivity index (χ4v) is 2.32. The Morgan fingerprint density at radius 3 is 2.47 bits per heavy atom. The minimum Gasteiger partial charge on any atom is -0.326 e. The molecule has 0 saturated heterocycles. The summed E-state index contributed by atoms with van der Waals surface area (Å²) in [4.78, 5) is 0. The Balaban J connectivity index is 2.51. The average molecular weight is 288 g/mol. The second kappa shape index (κ2) is 5.39. The van der Waals surface area contributed by atoms with Gasteiger partial charge in [-0.05, 0) is 36.1 Å². The summed E-state index contributed by atoms with van der Waals surface area (Å²) in [6, 6.07) is 4.92. The third-order valence-electron chi connectivity index (χ3n) is 3.02. The summed E-state index contributed by atoms with van der Waals surface area (Å²) in [6.07, 6.45) is -0.579. The largest absolute Gasteiger partial charge is 0.416 e. The van der Waals surface area contributed by atoms with E-state index in [2.05, 4.69) is 0 Å². The van der Waals surface area contributed by atoms with E-state index in [1.165, 1.54) is 6.08 Å². The summed E-state index contributed by atoms with van der Waals surface area (Å²) in [6.45, 7) is 0.266. The summed E-state index contributed by atoms with van der Waals surface area (Å²) in [5, 5.41) is 0.306. The molecule has 19 heavy (non-hydrogen) atoms. The predicted octanol–water partition coefficient (Wildman–Crippen LogP) is 4.46. The molecule has 1 aliphatic carbocycles. The van der Waals surface area contributed by atoms with Crippen molar-refractivity contribution in [1.82, 2.24) is 0 Å². The van der Waals surface area contributed by atoms with Crippen molar-refractivity contribution in [3.8, 4) is 0 Å². The zero-order valence-electron chi connectivity index (χ0n) is 10.1. The molecule has 0 spiro atoms. The summed E-state index contributed by atoms with van der Waals surface area (Å²) in [7, 11) is 0. The Labute approximate surface area is 114 Å². The molecule has 0 bridgehead atoms. The minimum absolute atomic E-state index is 0.152. The fourth-order valence-electron chi connectivity index (χ4n) is 2.10. The first kappa shape index (κ1) is 14.2. The smallest absolute Gasteiger partial charge is 0.326 e. The topological polar surface area (TPSA) is 26.0 Å². The van der Waals surface area contributed by atoms with Crippen molar-refractivity contribution in [1.29, 1.82) is 0 Å². The highest BCUT2D eigenvalue weighted by atomic mass is 35.5. The Bertz CT molecular complexity index is 544. The minimum atomic E-state index is -4.37. The Morgan fingerprint density at radius 2 is 1.84 bits per heavy atom. The molecule has 0 aliphatic heterocycles. The molecular formula is C14H13ClF3N. The molecule has 0 aromatic heterocycles. The van der Waals surface area contributed by atoms with E-state index in [0.717, 1.165) is 5.56 Å². The first-order valence-corrected chi connectivity index (χ1v) is 6.28. The lowest BCUT2D eigenvalue weighted by Gasteiger charge is -2.20. The second-order valence-electron chi connectivity index (χ2n) is 4.33. The summed E-state index contributed by atoms with van der Waals surface area (Å²) >= 11 is 6.03. The van der Waals surface area contributed by atoms with Crippen molar-refractivity contribution in [2.45, 2.75) is 25.6 Å². The van der Waals surface area contributed by atoms with Gasteiger partial charge in [0.1, 0.15) is 0 Å². The summed E-state index contributed by atoms with van der Waals surface area (Å²) in [5.41, 5.74) is 6.21. The van der Waals surface area contributed by atoms with Crippen molar-refractivity contribution in [3.63, 3.8) is 0 Å². The molecule has 1 aromatic rings. The number of hydrogen-bond donors (Lipinski definition) is 1. The number of rotatable bonds is 2. The Kier molecular flexibility index (Phi) is 4.02. The highest BCUT2D eigenvalue weighted by Gasteiger charge is 2.37. The molecule has 0 atom stereocenters. The molecule has 0 amide bonds. The van der Waals surface area contributed by atoms with E-state index in [1.54, 1.807) is 24.3 Å². The van der Waals surface area contributed by atoms with Crippen LogP contribution in [0.15, 0.2) is 35.9 Å². The number of halogens is 4. The molecular weight excluding hydrogens is 275 g/mol. The van der Waals surface area contributed by atoms with Crippen molar-refractivity contribution >= 4 is 17.2 Å². The van der Waals surface area contributed by atoms with Crippen LogP contribution in [0.25, 0.3) is 5.57 Å². The van der Waals surface area contributed by atoms with Crippen LogP contribution < -0.4 is 5.73 Å². The molecule has 1 aliphatic rings. The number of allylic oxidation sites excluding steroid dienone is 4. The Hall–Kier alpha value is -1.26. The van der Waals surface area contributed by atoms with Crippen LogP contribution in [0, 0.1) is 0 Å². The third kappa shape index (κ3) is 3.01. The summed E-state index contributed by atoms with van der Waals surface area (Å²) < 4.78 is 39.0. The van der Waals surface area contributed by atoms with Gasteiger partial charge in [0.2, 0.25) is 0 Å². The van der Waals surface area contributed by atoms with Gasteiger partial charge in [0, 0.05) is 17.1 Å². The maximum Gasteiger partial charge on any atom is 0.416 e. The molecule has 0 unspecified atom stereocenters. The van der Waals surface area contributed by atoms with Crippen LogP contribution in [-0.4, -0.2) is 6.18 Å². The van der Waals surface area contributed by atoms with Gasteiger partial charge in [0.25, 0.3) is 0 Å². The molecule has 0 heterocycles. The van der Waals surface area contributed by atoms with Crippen LogP contribution in [0.4, 0.5) is 13.2 Å². The number of hydrogen-bond acceptors (Lipinski definition) is 1. The van der Waals surface area contributed by atoms with Gasteiger partial charge in [-0.25, -0.2) is 0 Å². The summed E-state index contributed by atoms with van der Waals surface area (Å²) in [5.74, 6) is 0. The lowest BCUT2D eigenvalue weighted by Crippen LogP contribution is -2.15. The normalized spacial score (nSPS) is 16.1. The van der Waals surface area contributed by atoms with Crippen LogP contribution in [0.2, 0.25) is 5.02 Å². The second-order valence-corrected chi connectivity index (χ2v) is 4.74. The first-order chi connectivity index (χ1) is 8.93. The molecule has 102 valence electrons. The zero-order chi connectivity index (χ0) is 14.0. The highest BCUT2D eigenvalue weighted by Crippen LogP contribution is 2.41. The monoisotopic (exact) mass is 287 g/mol. The van der Waals surface area contributed by atoms with Crippen LogP contribution >= 0.6 is 11.6 Å². The predicted molar refractivity (Wildman–Crippen MR) is 70.7 cm³/mol. The van der Waals surface area contributed by atoms with Gasteiger partial charge in [0.05, 0.1) is 5.57 Å². The standard InChI is InChI=1S/C14H13ClF3N/c15-13-6-5-9(8-19)7-11(13)10-3-1-2-4-12(10)14(16,17)18/h3-7H,1-2,8,19H2. The molecule has 0 saturated carbocycles. The van der Waals surface area contributed by atoms with Crippen molar-refractivity contribution < 1.29 is 13.2 Å². The SMILES string of the molecule is NCc1ccc(Cl)c(C2=CCCC=C2C(F)(F)F)c1. The number of benzene rings is 1. The van der Waals surface area contributed by atoms with Gasteiger partial charge in [0.15, 0.2) is 0 Å². The average Bonchev–Trinajstić information content (AvgIpc) is 2.38. The molecule has 1 nitrogen and oxygen atoms in total. The lowest BCUT2D eigenvalue weighted by molar-refractivity contribution is -0.0874. The van der Waals surface area contributed by atoms with Crippen molar-refractivity contribution in [3.05, 3.63) is 52.1 Å². The van der Waals surface area contributed by atoms with Crippen LogP contribution in [0.5, 0.6) is 0 Å². The maximum absolute atomic E-state index is 13.0. The van der Waals surface area contributed by atoms with Crippen molar-refractivity contribution in [2.24, 2.45) is 5.73 Å². The van der Waals surface area contributed by atoms with E-state index >= 15 is 0 Å². The lowest BCUT2D eigenvalue weighted by atomic mass is 9.90.